The topological polar surface area (TPSA) is 85.9 Å². The zero-order valence-electron chi connectivity index (χ0n) is 17.0. The van der Waals surface area contributed by atoms with Gasteiger partial charge in [0.2, 0.25) is 11.8 Å². The number of rotatable bonds is 8. The fourth-order valence-electron chi connectivity index (χ4n) is 3.05. The monoisotopic (exact) mass is 398 g/mol. The second-order valence-corrected chi connectivity index (χ2v) is 7.16. The van der Waals surface area contributed by atoms with Crippen LogP contribution in [0, 0.1) is 11.8 Å². The minimum atomic E-state index is -0.375. The third-order valence-corrected chi connectivity index (χ3v) is 4.64. The van der Waals surface area contributed by atoms with Gasteiger partial charge in [0.25, 0.3) is 0 Å². The van der Waals surface area contributed by atoms with Crippen molar-refractivity contribution in [3.05, 3.63) is 42.5 Å². The van der Waals surface area contributed by atoms with Crippen molar-refractivity contribution >= 4 is 23.2 Å². The van der Waals surface area contributed by atoms with Crippen molar-refractivity contribution in [1.82, 2.24) is 0 Å². The molecule has 2 N–H and O–H groups in total. The molecule has 0 radical (unpaired) electrons. The van der Waals surface area contributed by atoms with Crippen LogP contribution in [0.5, 0.6) is 17.2 Å². The molecule has 2 aromatic rings. The summed E-state index contributed by atoms with van der Waals surface area (Å²) in [6.45, 7) is 3.85. The number of ether oxygens (including phenoxy) is 3. The molecule has 1 aliphatic carbocycles. The normalized spacial score (nSPS) is 17.4. The van der Waals surface area contributed by atoms with E-state index in [4.69, 9.17) is 14.2 Å². The molecule has 0 heterocycles. The Kier molecular flexibility index (Phi) is 6.26. The van der Waals surface area contributed by atoms with Crippen LogP contribution in [0.2, 0.25) is 0 Å². The maximum absolute atomic E-state index is 12.6. The maximum atomic E-state index is 12.6. The molecule has 0 bridgehead atoms. The summed E-state index contributed by atoms with van der Waals surface area (Å²) < 4.78 is 16.2. The average molecular weight is 398 g/mol. The number of benzene rings is 2. The Morgan fingerprint density at radius 1 is 0.897 bits per heavy atom. The third kappa shape index (κ3) is 4.99. The van der Waals surface area contributed by atoms with Crippen molar-refractivity contribution in [1.29, 1.82) is 0 Å². The zero-order valence-corrected chi connectivity index (χ0v) is 17.0. The van der Waals surface area contributed by atoms with E-state index in [2.05, 4.69) is 10.6 Å². The first kappa shape index (κ1) is 20.5. The zero-order chi connectivity index (χ0) is 21.0. The average Bonchev–Trinajstić information content (AvgIpc) is 3.50. The molecule has 0 spiro atoms. The largest absolute Gasteiger partial charge is 0.497 e. The minimum absolute atomic E-state index is 0.00743. The fraction of sp³-hybridized carbons (Fsp3) is 0.364. The lowest BCUT2D eigenvalue weighted by molar-refractivity contribution is -0.122. The first-order chi connectivity index (χ1) is 13.9. The molecule has 2 atom stereocenters. The number of carbonyl (C=O) groups is 2. The van der Waals surface area contributed by atoms with Gasteiger partial charge >= 0.3 is 0 Å². The molecule has 0 aliphatic heterocycles. The summed E-state index contributed by atoms with van der Waals surface area (Å²) in [6, 6.07) is 12.4. The second-order valence-electron chi connectivity index (χ2n) is 7.16. The van der Waals surface area contributed by atoms with Gasteiger partial charge in [-0.1, -0.05) is 12.1 Å². The minimum Gasteiger partial charge on any atom is -0.497 e. The van der Waals surface area contributed by atoms with Crippen molar-refractivity contribution in [2.45, 2.75) is 26.4 Å². The van der Waals surface area contributed by atoms with E-state index < -0.39 is 0 Å². The molecule has 2 amide bonds. The number of anilines is 2. The Bertz CT molecular complexity index is 897. The van der Waals surface area contributed by atoms with Crippen molar-refractivity contribution < 1.29 is 23.8 Å². The number of carbonyl (C=O) groups excluding carboxylic acids is 2. The molecule has 154 valence electrons. The highest BCUT2D eigenvalue weighted by atomic mass is 16.5. The molecular formula is C22H26N2O5. The van der Waals surface area contributed by atoms with Crippen molar-refractivity contribution in [2.75, 3.05) is 24.9 Å². The van der Waals surface area contributed by atoms with Gasteiger partial charge in [-0.25, -0.2) is 0 Å². The van der Waals surface area contributed by atoms with E-state index in [0.717, 1.165) is 0 Å². The van der Waals surface area contributed by atoms with E-state index >= 15 is 0 Å². The molecule has 7 nitrogen and oxygen atoms in total. The van der Waals surface area contributed by atoms with Crippen molar-refractivity contribution in [3.8, 4) is 17.2 Å². The number of hydrogen-bond donors (Lipinski definition) is 2. The van der Waals surface area contributed by atoms with Gasteiger partial charge < -0.3 is 24.8 Å². The number of amides is 2. The molecule has 2 aromatic carbocycles. The summed E-state index contributed by atoms with van der Waals surface area (Å²) in [4.78, 5) is 25.2. The van der Waals surface area contributed by atoms with Crippen LogP contribution in [-0.4, -0.2) is 32.1 Å². The van der Waals surface area contributed by atoms with Crippen LogP contribution in [0.25, 0.3) is 0 Å². The molecule has 1 saturated carbocycles. The summed E-state index contributed by atoms with van der Waals surface area (Å²) in [6.07, 6.45) is 0.496. The van der Waals surface area contributed by atoms with Gasteiger partial charge in [0.05, 0.1) is 43.5 Å². The summed E-state index contributed by atoms with van der Waals surface area (Å²) in [7, 11) is 3.08. The standard InChI is InChI=1S/C22H26N2O5/c1-13(2)29-19-8-6-5-7-17(19)23-21(25)15-12-16(15)22(26)24-18-10-9-14(27-3)11-20(18)28-4/h5-11,13,15-16H,12H2,1-4H3,(H,23,25)(H,24,26). The van der Waals surface area contributed by atoms with Crippen LogP contribution >= 0.6 is 0 Å². The molecule has 3 rings (SSSR count). The molecule has 1 aliphatic rings. The predicted molar refractivity (Wildman–Crippen MR) is 111 cm³/mol. The number of nitrogens with one attached hydrogen (secondary N) is 2. The Labute approximate surface area is 170 Å². The number of hydrogen-bond acceptors (Lipinski definition) is 5. The first-order valence-corrected chi connectivity index (χ1v) is 9.52. The third-order valence-electron chi connectivity index (χ3n) is 4.64. The second kappa shape index (κ2) is 8.86. The fourth-order valence-corrected chi connectivity index (χ4v) is 3.05. The summed E-state index contributed by atoms with van der Waals surface area (Å²) >= 11 is 0. The number of methoxy groups -OCH3 is 2. The van der Waals surface area contributed by atoms with E-state index in [-0.39, 0.29) is 29.8 Å². The van der Waals surface area contributed by atoms with Gasteiger partial charge in [0, 0.05) is 6.07 Å². The summed E-state index contributed by atoms with van der Waals surface area (Å²) in [5.41, 5.74) is 1.15. The van der Waals surface area contributed by atoms with Gasteiger partial charge in [0.1, 0.15) is 17.2 Å². The lowest BCUT2D eigenvalue weighted by Crippen LogP contribution is -2.21. The molecule has 7 heteroatoms. The van der Waals surface area contributed by atoms with Gasteiger partial charge in [-0.05, 0) is 44.5 Å². The van der Waals surface area contributed by atoms with Crippen LogP contribution in [0.15, 0.2) is 42.5 Å². The van der Waals surface area contributed by atoms with E-state index in [1.807, 2.05) is 32.0 Å². The van der Waals surface area contributed by atoms with Crippen molar-refractivity contribution in [2.24, 2.45) is 11.8 Å². The molecule has 0 aromatic heterocycles. The molecule has 29 heavy (non-hydrogen) atoms. The molecular weight excluding hydrogens is 372 g/mol. The maximum Gasteiger partial charge on any atom is 0.228 e. The van der Waals surface area contributed by atoms with Crippen LogP contribution in [0.4, 0.5) is 11.4 Å². The van der Waals surface area contributed by atoms with Crippen LogP contribution < -0.4 is 24.8 Å². The smallest absolute Gasteiger partial charge is 0.228 e. The lowest BCUT2D eigenvalue weighted by Gasteiger charge is -2.15. The lowest BCUT2D eigenvalue weighted by atomic mass is 10.2. The highest BCUT2D eigenvalue weighted by molar-refractivity contribution is 6.04. The highest BCUT2D eigenvalue weighted by Crippen LogP contribution is 2.41. The van der Waals surface area contributed by atoms with Gasteiger partial charge in [-0.2, -0.15) is 0 Å². The SMILES string of the molecule is COc1ccc(NC(=O)C2CC2C(=O)Nc2ccccc2OC(C)C)c(OC)c1. The Hall–Kier alpha value is -3.22. The van der Waals surface area contributed by atoms with Crippen molar-refractivity contribution in [3.63, 3.8) is 0 Å². The Balaban J connectivity index is 1.61. The summed E-state index contributed by atoms with van der Waals surface area (Å²) in [5.74, 6) is 0.601. The van der Waals surface area contributed by atoms with Crippen LogP contribution in [0.3, 0.4) is 0 Å². The Morgan fingerprint density at radius 2 is 1.52 bits per heavy atom. The molecule has 1 fully saturated rings. The van der Waals surface area contributed by atoms with Gasteiger partial charge in [-0.3, -0.25) is 9.59 Å². The quantitative estimate of drug-likeness (QED) is 0.708. The van der Waals surface area contributed by atoms with E-state index in [0.29, 0.717) is 35.0 Å². The summed E-state index contributed by atoms with van der Waals surface area (Å²) in [5, 5.41) is 5.72. The van der Waals surface area contributed by atoms with Gasteiger partial charge in [0.15, 0.2) is 0 Å². The van der Waals surface area contributed by atoms with E-state index in [1.54, 1.807) is 31.4 Å². The molecule has 2 unspecified atom stereocenters. The first-order valence-electron chi connectivity index (χ1n) is 9.52. The van der Waals surface area contributed by atoms with E-state index in [1.165, 1.54) is 7.11 Å². The van der Waals surface area contributed by atoms with E-state index in [9.17, 15) is 9.59 Å². The highest BCUT2D eigenvalue weighted by Gasteiger charge is 2.48. The molecule has 0 saturated heterocycles. The van der Waals surface area contributed by atoms with Gasteiger partial charge in [-0.15, -0.1) is 0 Å². The predicted octanol–water partition coefficient (Wildman–Crippen LogP) is 3.70. The van der Waals surface area contributed by atoms with Crippen LogP contribution in [0.1, 0.15) is 20.3 Å². The van der Waals surface area contributed by atoms with Crippen LogP contribution in [-0.2, 0) is 9.59 Å². The number of para-hydroxylation sites is 2. The Morgan fingerprint density at radius 3 is 2.10 bits per heavy atom.